The van der Waals surface area contributed by atoms with Crippen molar-refractivity contribution in [2.75, 3.05) is 57.0 Å². The molecular formula is C60H57N3O6. The van der Waals surface area contributed by atoms with Gasteiger partial charge in [-0.2, -0.15) is 0 Å². The van der Waals surface area contributed by atoms with Gasteiger partial charge < -0.3 is 28.9 Å². The largest absolute Gasteiger partial charge is 0.489 e. The van der Waals surface area contributed by atoms with Crippen LogP contribution in [-0.2, 0) is 19.8 Å². The Kier molecular flexibility index (Phi) is 16.4. The molecule has 0 bridgehead atoms. The minimum atomic E-state index is -0.101. The van der Waals surface area contributed by atoms with E-state index in [9.17, 15) is 14.4 Å². The molecule has 0 heterocycles. The van der Waals surface area contributed by atoms with Crippen LogP contribution < -0.4 is 28.9 Å². The zero-order chi connectivity index (χ0) is 48.7. The van der Waals surface area contributed by atoms with Crippen molar-refractivity contribution >= 4 is 52.6 Å². The Bertz CT molecular complexity index is 2580. The highest BCUT2D eigenvalue weighted by atomic mass is 16.5. The van der Waals surface area contributed by atoms with Crippen molar-refractivity contribution in [2.45, 2.75) is 19.8 Å². The number of rotatable bonds is 21. The molecular weight excluding hydrogens is 859 g/mol. The van der Waals surface area contributed by atoms with Gasteiger partial charge in [-0.15, -0.1) is 0 Å². The number of nitrogens with zero attached hydrogens (tertiary/aromatic N) is 3. The molecule has 348 valence electrons. The van der Waals surface area contributed by atoms with Crippen molar-refractivity contribution in [3.63, 3.8) is 0 Å². The number of carbonyl (C=O) groups is 3. The predicted molar refractivity (Wildman–Crippen MR) is 281 cm³/mol. The second-order valence-corrected chi connectivity index (χ2v) is 17.1. The van der Waals surface area contributed by atoms with Crippen LogP contribution in [0.1, 0.15) is 64.5 Å². The Balaban J connectivity index is 0.996. The maximum absolute atomic E-state index is 13.0. The van der Waals surface area contributed by atoms with Crippen LogP contribution in [0, 0.1) is 0 Å². The van der Waals surface area contributed by atoms with Crippen molar-refractivity contribution in [1.29, 1.82) is 0 Å². The first-order chi connectivity index (χ1) is 33.3. The van der Waals surface area contributed by atoms with Gasteiger partial charge >= 0.3 is 0 Å². The molecule has 0 aromatic heterocycles. The first-order valence-corrected chi connectivity index (χ1v) is 22.6. The summed E-state index contributed by atoms with van der Waals surface area (Å²) in [5.41, 5.74) is 10.5. The molecule has 0 saturated heterocycles. The first kappa shape index (κ1) is 48.5. The average molecular weight is 916 g/mol. The van der Waals surface area contributed by atoms with Gasteiger partial charge in [-0.3, -0.25) is 14.4 Å². The number of hydrogen-bond acceptors (Lipinski definition) is 9. The summed E-state index contributed by atoms with van der Waals surface area (Å²) in [6.45, 7) is 0.766. The maximum atomic E-state index is 13.0. The van der Waals surface area contributed by atoms with Crippen LogP contribution in [0.15, 0.2) is 182 Å². The van der Waals surface area contributed by atoms with Crippen LogP contribution >= 0.6 is 0 Å². The summed E-state index contributed by atoms with van der Waals surface area (Å²) in [6.07, 6.45) is 10.2. The summed E-state index contributed by atoms with van der Waals surface area (Å²) < 4.78 is 18.7. The lowest BCUT2D eigenvalue weighted by Crippen LogP contribution is -2.07. The SMILES string of the molecule is CN(C)c1ccc(/C=C/C(=O)c2ccc(OCc3cc(COc4ccc(C(=O)/C=C/c5ccc(N(C)C)cc5)cc4)cc(COc4ccc(C(=O)/C=C/c5ccc(N(C)C)cc5)cc4)c3)cc2)cc1. The number of ether oxygens (including phenoxy) is 3. The molecule has 9 nitrogen and oxygen atoms in total. The zero-order valence-electron chi connectivity index (χ0n) is 40.0. The number of carbonyl (C=O) groups excluding carboxylic acids is 3. The third kappa shape index (κ3) is 14.3. The van der Waals surface area contributed by atoms with E-state index in [0.717, 1.165) is 50.4 Å². The van der Waals surface area contributed by atoms with Gasteiger partial charge in [0.15, 0.2) is 17.3 Å². The molecule has 9 heteroatoms. The van der Waals surface area contributed by atoms with Crippen LogP contribution in [0.3, 0.4) is 0 Å². The lowest BCUT2D eigenvalue weighted by molar-refractivity contribution is 0.103. The van der Waals surface area contributed by atoms with E-state index in [1.807, 2.05) is 166 Å². The number of hydrogen-bond donors (Lipinski definition) is 0. The monoisotopic (exact) mass is 915 g/mol. The predicted octanol–water partition coefficient (Wildman–Crippen LogP) is 12.3. The average Bonchev–Trinajstić information content (AvgIpc) is 3.37. The third-order valence-electron chi connectivity index (χ3n) is 11.3. The van der Waals surface area contributed by atoms with Crippen molar-refractivity contribution in [2.24, 2.45) is 0 Å². The maximum Gasteiger partial charge on any atom is 0.185 e. The standard InChI is InChI=1S/C60H57N3O6/c1-61(2)52-22-7-43(8-23-52)13-34-58(64)49-16-28-55(29-17-49)67-40-46-37-47(41-68-56-30-18-50(19-31-56)59(65)35-14-44-9-24-53(25-10-44)62(3)4)39-48(38-46)42-69-57-32-20-51(21-33-57)60(66)36-15-45-11-26-54(27-12-45)63(5)6/h7-39H,40-42H2,1-6H3/b34-13+,35-14+,36-15+. The Morgan fingerprint density at radius 3 is 0.797 bits per heavy atom. The number of benzene rings is 7. The molecule has 0 atom stereocenters. The molecule has 0 radical (unpaired) electrons. The molecule has 0 aliphatic rings. The number of allylic oxidation sites excluding steroid dienone is 3. The molecule has 7 aromatic carbocycles. The van der Waals surface area contributed by atoms with Crippen LogP contribution in [-0.4, -0.2) is 59.6 Å². The molecule has 0 spiro atoms. The Hall–Kier alpha value is -8.43. The summed E-state index contributed by atoms with van der Waals surface area (Å²) >= 11 is 0. The highest BCUT2D eigenvalue weighted by Crippen LogP contribution is 2.23. The smallest absolute Gasteiger partial charge is 0.185 e. The summed E-state index contributed by atoms with van der Waals surface area (Å²) in [4.78, 5) is 45.0. The van der Waals surface area contributed by atoms with Gasteiger partial charge in [0.1, 0.15) is 37.1 Å². The van der Waals surface area contributed by atoms with Crippen molar-refractivity contribution in [3.05, 3.63) is 232 Å². The van der Waals surface area contributed by atoms with E-state index in [2.05, 4.69) is 0 Å². The topological polar surface area (TPSA) is 88.6 Å². The molecule has 7 aromatic rings. The van der Waals surface area contributed by atoms with Crippen molar-refractivity contribution in [1.82, 2.24) is 0 Å². The van der Waals surface area contributed by atoms with Crippen LogP contribution in [0.25, 0.3) is 18.2 Å². The Morgan fingerprint density at radius 1 is 0.348 bits per heavy atom. The summed E-state index contributed by atoms with van der Waals surface area (Å²) in [5.74, 6) is 1.55. The summed E-state index contributed by atoms with van der Waals surface area (Å²) in [6, 6.07) is 51.4. The third-order valence-corrected chi connectivity index (χ3v) is 11.3. The van der Waals surface area contributed by atoms with Gasteiger partial charge in [0.05, 0.1) is 0 Å². The minimum Gasteiger partial charge on any atom is -0.489 e. The van der Waals surface area contributed by atoms with Gasteiger partial charge in [-0.1, -0.05) is 54.6 Å². The normalized spacial score (nSPS) is 11.2. The first-order valence-electron chi connectivity index (χ1n) is 22.6. The van der Waals surface area contributed by atoms with Crippen molar-refractivity contribution < 1.29 is 28.6 Å². The van der Waals surface area contributed by atoms with Gasteiger partial charge in [-0.25, -0.2) is 0 Å². The van der Waals surface area contributed by atoms with Crippen LogP contribution in [0.4, 0.5) is 17.1 Å². The molecule has 0 aliphatic heterocycles. The number of anilines is 3. The molecule has 0 fully saturated rings. The second kappa shape index (κ2) is 23.3. The molecule has 0 N–H and O–H groups in total. The van der Waals surface area contributed by atoms with Crippen LogP contribution in [0.5, 0.6) is 17.2 Å². The highest BCUT2D eigenvalue weighted by Gasteiger charge is 2.10. The minimum absolute atomic E-state index is 0.101. The zero-order valence-corrected chi connectivity index (χ0v) is 40.0. The molecule has 69 heavy (non-hydrogen) atoms. The van der Waals surface area contributed by atoms with E-state index in [1.165, 1.54) is 0 Å². The molecule has 0 unspecified atom stereocenters. The van der Waals surface area contributed by atoms with E-state index < -0.39 is 0 Å². The lowest BCUT2D eigenvalue weighted by atomic mass is 10.1. The van der Waals surface area contributed by atoms with E-state index in [4.69, 9.17) is 14.2 Å². The van der Waals surface area contributed by atoms with E-state index >= 15 is 0 Å². The summed E-state index contributed by atoms with van der Waals surface area (Å²) in [7, 11) is 11.9. The van der Waals surface area contributed by atoms with E-state index in [0.29, 0.717) is 33.9 Å². The number of ketones is 3. The fourth-order valence-corrected chi connectivity index (χ4v) is 7.19. The Labute approximate surface area is 405 Å². The highest BCUT2D eigenvalue weighted by molar-refractivity contribution is 6.08. The van der Waals surface area contributed by atoms with Gasteiger partial charge in [0, 0.05) is 76.0 Å². The molecule has 0 amide bonds. The lowest BCUT2D eigenvalue weighted by Gasteiger charge is -2.14. The van der Waals surface area contributed by atoms with Crippen LogP contribution in [0.2, 0.25) is 0 Å². The van der Waals surface area contributed by atoms with E-state index in [1.54, 1.807) is 91.0 Å². The second-order valence-electron chi connectivity index (χ2n) is 17.1. The fraction of sp³-hybridized carbons (Fsp3) is 0.150. The Morgan fingerprint density at radius 2 is 0.580 bits per heavy atom. The van der Waals surface area contributed by atoms with Gasteiger partial charge in [-0.05, 0) is 179 Å². The summed E-state index contributed by atoms with van der Waals surface area (Å²) in [5, 5.41) is 0. The van der Waals surface area contributed by atoms with Crippen molar-refractivity contribution in [3.8, 4) is 17.2 Å². The molecule has 0 saturated carbocycles. The van der Waals surface area contributed by atoms with Gasteiger partial charge in [0.2, 0.25) is 0 Å². The van der Waals surface area contributed by atoms with Gasteiger partial charge in [0.25, 0.3) is 0 Å². The molecule has 7 rings (SSSR count). The quantitative estimate of drug-likeness (QED) is 0.0516. The van der Waals surface area contributed by atoms with E-state index in [-0.39, 0.29) is 37.2 Å². The molecule has 0 aliphatic carbocycles. The fourth-order valence-electron chi connectivity index (χ4n) is 7.19.